The minimum Gasteiger partial charge on any atom is -0.467 e. The standard InChI is InChI=1S/C16H19NO5S/c1-3-16(18)17(12-15-5-4-10-21-15)11-13-6-8-14(9-7-13)22-23(2,19)20/h4-10H,3,11-12H2,1-2H3. The van der Waals surface area contributed by atoms with Gasteiger partial charge in [-0.2, -0.15) is 8.42 Å². The van der Waals surface area contributed by atoms with E-state index in [4.69, 9.17) is 8.60 Å². The Kier molecular flexibility index (Phi) is 5.44. The smallest absolute Gasteiger partial charge is 0.306 e. The molecule has 1 heterocycles. The molecule has 0 fully saturated rings. The van der Waals surface area contributed by atoms with Crippen LogP contribution in [0, 0.1) is 0 Å². The molecule has 0 aliphatic heterocycles. The molecule has 0 bridgehead atoms. The zero-order chi connectivity index (χ0) is 16.9. The number of hydrogen-bond acceptors (Lipinski definition) is 5. The van der Waals surface area contributed by atoms with Gasteiger partial charge in [-0.25, -0.2) is 0 Å². The molecule has 0 saturated heterocycles. The van der Waals surface area contributed by atoms with Crippen molar-refractivity contribution in [1.82, 2.24) is 4.90 Å². The van der Waals surface area contributed by atoms with Crippen LogP contribution in [0.3, 0.4) is 0 Å². The van der Waals surface area contributed by atoms with Crippen LogP contribution in [0.2, 0.25) is 0 Å². The molecular formula is C16H19NO5S. The van der Waals surface area contributed by atoms with E-state index in [1.54, 1.807) is 48.4 Å². The summed E-state index contributed by atoms with van der Waals surface area (Å²) in [5.74, 6) is 0.970. The molecule has 0 atom stereocenters. The average Bonchev–Trinajstić information content (AvgIpc) is 2.99. The molecular weight excluding hydrogens is 318 g/mol. The van der Waals surface area contributed by atoms with Gasteiger partial charge in [0.25, 0.3) is 0 Å². The van der Waals surface area contributed by atoms with Crippen LogP contribution in [0.1, 0.15) is 24.7 Å². The Morgan fingerprint density at radius 1 is 1.17 bits per heavy atom. The van der Waals surface area contributed by atoms with Crippen molar-refractivity contribution >= 4 is 16.0 Å². The molecule has 124 valence electrons. The first-order chi connectivity index (χ1) is 10.9. The number of furan rings is 1. The van der Waals surface area contributed by atoms with Gasteiger partial charge in [-0.3, -0.25) is 4.79 Å². The summed E-state index contributed by atoms with van der Waals surface area (Å²) in [5.41, 5.74) is 0.874. The Morgan fingerprint density at radius 3 is 2.39 bits per heavy atom. The summed E-state index contributed by atoms with van der Waals surface area (Å²) >= 11 is 0. The second-order valence-corrected chi connectivity index (χ2v) is 6.69. The molecule has 0 unspecified atom stereocenters. The molecule has 2 rings (SSSR count). The van der Waals surface area contributed by atoms with Gasteiger partial charge in [0.2, 0.25) is 5.91 Å². The third-order valence-electron chi connectivity index (χ3n) is 3.13. The lowest BCUT2D eigenvalue weighted by Crippen LogP contribution is -2.29. The highest BCUT2D eigenvalue weighted by Crippen LogP contribution is 2.17. The van der Waals surface area contributed by atoms with E-state index in [9.17, 15) is 13.2 Å². The summed E-state index contributed by atoms with van der Waals surface area (Å²) in [6, 6.07) is 10.2. The fourth-order valence-electron chi connectivity index (χ4n) is 2.09. The van der Waals surface area contributed by atoms with Crippen molar-refractivity contribution < 1.29 is 21.8 Å². The monoisotopic (exact) mass is 337 g/mol. The molecule has 0 aliphatic carbocycles. The fraction of sp³-hybridized carbons (Fsp3) is 0.312. The van der Waals surface area contributed by atoms with Crippen LogP contribution in [0.15, 0.2) is 47.1 Å². The van der Waals surface area contributed by atoms with E-state index in [1.807, 2.05) is 6.07 Å². The molecule has 0 spiro atoms. The molecule has 1 aromatic carbocycles. The van der Waals surface area contributed by atoms with E-state index >= 15 is 0 Å². The predicted octanol–water partition coefficient (Wildman–Crippen LogP) is 2.56. The number of benzene rings is 1. The molecule has 1 amide bonds. The Labute approximate surface area is 135 Å². The van der Waals surface area contributed by atoms with Crippen molar-refractivity contribution in [2.45, 2.75) is 26.4 Å². The van der Waals surface area contributed by atoms with Gasteiger partial charge >= 0.3 is 10.1 Å². The maximum absolute atomic E-state index is 12.1. The normalized spacial score (nSPS) is 11.2. The Bertz CT molecular complexity index is 735. The highest BCUT2D eigenvalue weighted by atomic mass is 32.2. The third kappa shape index (κ3) is 5.45. The molecule has 7 heteroatoms. The van der Waals surface area contributed by atoms with Crippen LogP contribution < -0.4 is 4.18 Å². The van der Waals surface area contributed by atoms with Gasteiger partial charge in [-0.15, -0.1) is 0 Å². The number of carbonyl (C=O) groups is 1. The quantitative estimate of drug-likeness (QED) is 0.726. The zero-order valence-electron chi connectivity index (χ0n) is 13.1. The summed E-state index contributed by atoms with van der Waals surface area (Å²) in [4.78, 5) is 13.8. The lowest BCUT2D eigenvalue weighted by Gasteiger charge is -2.21. The number of carbonyl (C=O) groups excluding carboxylic acids is 1. The van der Waals surface area contributed by atoms with Crippen molar-refractivity contribution in [1.29, 1.82) is 0 Å². The maximum atomic E-state index is 12.1. The van der Waals surface area contributed by atoms with Gasteiger partial charge in [0.05, 0.1) is 19.1 Å². The van der Waals surface area contributed by atoms with E-state index in [-0.39, 0.29) is 11.7 Å². The minimum absolute atomic E-state index is 0.0119. The molecule has 2 aromatic rings. The van der Waals surface area contributed by atoms with Gasteiger partial charge in [0.1, 0.15) is 11.5 Å². The molecule has 0 radical (unpaired) electrons. The molecule has 0 saturated carbocycles. The average molecular weight is 337 g/mol. The summed E-state index contributed by atoms with van der Waals surface area (Å²) in [6.45, 7) is 2.61. The molecule has 23 heavy (non-hydrogen) atoms. The first kappa shape index (κ1) is 17.1. The molecule has 1 aromatic heterocycles. The number of rotatable bonds is 7. The summed E-state index contributed by atoms with van der Waals surface area (Å²) in [7, 11) is -3.54. The summed E-state index contributed by atoms with van der Waals surface area (Å²) in [6.07, 6.45) is 2.96. The van der Waals surface area contributed by atoms with Crippen LogP contribution in [0.25, 0.3) is 0 Å². The number of amides is 1. The van der Waals surface area contributed by atoms with Crippen LogP contribution in [0.5, 0.6) is 5.75 Å². The molecule has 0 N–H and O–H groups in total. The van der Waals surface area contributed by atoms with Crippen LogP contribution in [0.4, 0.5) is 0 Å². The van der Waals surface area contributed by atoms with Gasteiger partial charge < -0.3 is 13.5 Å². The van der Waals surface area contributed by atoms with Crippen LogP contribution in [-0.2, 0) is 28.0 Å². The van der Waals surface area contributed by atoms with Crippen molar-refractivity contribution in [2.75, 3.05) is 6.26 Å². The SMILES string of the molecule is CCC(=O)N(Cc1ccc(OS(C)(=O)=O)cc1)Cc1ccco1. The largest absolute Gasteiger partial charge is 0.467 e. The molecule has 6 nitrogen and oxygen atoms in total. The maximum Gasteiger partial charge on any atom is 0.306 e. The summed E-state index contributed by atoms with van der Waals surface area (Å²) < 4.78 is 32.2. The van der Waals surface area contributed by atoms with E-state index in [0.717, 1.165) is 11.8 Å². The van der Waals surface area contributed by atoms with Crippen LogP contribution >= 0.6 is 0 Å². The zero-order valence-corrected chi connectivity index (χ0v) is 13.9. The molecule has 0 aliphatic rings. The third-order valence-corrected chi connectivity index (χ3v) is 3.62. The van der Waals surface area contributed by atoms with Gasteiger partial charge in [0.15, 0.2) is 0 Å². The van der Waals surface area contributed by atoms with E-state index < -0.39 is 10.1 Å². The van der Waals surface area contributed by atoms with Crippen molar-refractivity contribution in [2.24, 2.45) is 0 Å². The predicted molar refractivity (Wildman–Crippen MR) is 85.2 cm³/mol. The lowest BCUT2D eigenvalue weighted by molar-refractivity contribution is -0.132. The van der Waals surface area contributed by atoms with Crippen LogP contribution in [-0.4, -0.2) is 25.5 Å². The van der Waals surface area contributed by atoms with Crippen molar-refractivity contribution in [3.05, 3.63) is 54.0 Å². The minimum atomic E-state index is -3.54. The van der Waals surface area contributed by atoms with Crippen molar-refractivity contribution in [3.8, 4) is 5.75 Å². The van der Waals surface area contributed by atoms with Gasteiger partial charge in [-0.1, -0.05) is 19.1 Å². The number of nitrogens with zero attached hydrogens (tertiary/aromatic N) is 1. The first-order valence-corrected chi connectivity index (χ1v) is 8.97. The fourth-order valence-corrected chi connectivity index (χ4v) is 2.55. The second-order valence-electron chi connectivity index (χ2n) is 5.11. The van der Waals surface area contributed by atoms with Gasteiger partial charge in [0, 0.05) is 13.0 Å². The second kappa shape index (κ2) is 7.32. The lowest BCUT2D eigenvalue weighted by atomic mass is 10.2. The Hall–Kier alpha value is -2.28. The summed E-state index contributed by atoms with van der Waals surface area (Å²) in [5, 5.41) is 0. The highest BCUT2D eigenvalue weighted by Gasteiger charge is 2.14. The first-order valence-electron chi connectivity index (χ1n) is 7.16. The Morgan fingerprint density at radius 2 is 1.87 bits per heavy atom. The van der Waals surface area contributed by atoms with E-state index in [0.29, 0.717) is 25.3 Å². The van der Waals surface area contributed by atoms with E-state index in [2.05, 4.69) is 0 Å². The number of hydrogen-bond donors (Lipinski definition) is 0. The van der Waals surface area contributed by atoms with E-state index in [1.165, 1.54) is 0 Å². The topological polar surface area (TPSA) is 76.8 Å². The highest BCUT2D eigenvalue weighted by molar-refractivity contribution is 7.86. The van der Waals surface area contributed by atoms with Crippen molar-refractivity contribution in [3.63, 3.8) is 0 Å². The van der Waals surface area contributed by atoms with Gasteiger partial charge in [-0.05, 0) is 29.8 Å². The Balaban J connectivity index is 2.08.